The zero-order chi connectivity index (χ0) is 16.2. The summed E-state index contributed by atoms with van der Waals surface area (Å²) in [5.74, 6) is 1.71. The Kier molecular flexibility index (Phi) is 4.60. The number of para-hydroxylation sites is 1. The average molecular weight is 315 g/mol. The maximum atomic E-state index is 12.6. The van der Waals surface area contributed by atoms with Crippen LogP contribution in [-0.2, 0) is 4.79 Å². The topological polar surface area (TPSA) is 77.2 Å². The average Bonchev–Trinajstić information content (AvgIpc) is 3.24. The second kappa shape index (κ2) is 6.81. The van der Waals surface area contributed by atoms with Gasteiger partial charge in [0.1, 0.15) is 11.8 Å². The van der Waals surface area contributed by atoms with Crippen LogP contribution >= 0.6 is 0 Å². The molecule has 1 heterocycles. The van der Waals surface area contributed by atoms with Crippen LogP contribution in [0.15, 0.2) is 28.8 Å². The minimum atomic E-state index is -0.475. The van der Waals surface area contributed by atoms with Crippen LogP contribution in [0.4, 0.5) is 0 Å². The summed E-state index contributed by atoms with van der Waals surface area (Å²) >= 11 is 0. The molecule has 0 unspecified atom stereocenters. The molecular weight excluding hydrogens is 294 g/mol. The molecule has 0 aliphatic heterocycles. The molecule has 6 nitrogen and oxygen atoms in total. The minimum absolute atomic E-state index is 0.0425. The highest BCUT2D eigenvalue weighted by Crippen LogP contribution is 2.31. The summed E-state index contributed by atoms with van der Waals surface area (Å²) in [6.07, 6.45) is 4.10. The first kappa shape index (κ1) is 15.5. The Hall–Kier alpha value is -2.37. The van der Waals surface area contributed by atoms with E-state index in [2.05, 4.69) is 15.5 Å². The number of nitrogens with zero attached hydrogens (tertiary/aromatic N) is 2. The number of aromatic nitrogens is 2. The molecule has 0 spiro atoms. The fraction of sp³-hybridized carbons (Fsp3) is 0.471. The van der Waals surface area contributed by atoms with Gasteiger partial charge in [0.15, 0.2) is 5.82 Å². The number of aryl methyl sites for hydroxylation is 1. The zero-order valence-electron chi connectivity index (χ0n) is 13.4. The van der Waals surface area contributed by atoms with E-state index in [4.69, 9.17) is 9.26 Å². The number of nitrogens with one attached hydrogen (secondary N) is 1. The monoisotopic (exact) mass is 315 g/mol. The van der Waals surface area contributed by atoms with Gasteiger partial charge in [-0.05, 0) is 18.9 Å². The van der Waals surface area contributed by atoms with Gasteiger partial charge in [0.05, 0.1) is 7.11 Å². The van der Waals surface area contributed by atoms with Gasteiger partial charge >= 0.3 is 0 Å². The number of methoxy groups -OCH3 is 1. The molecule has 1 aliphatic carbocycles. The third-order valence-electron chi connectivity index (χ3n) is 4.26. The maximum Gasteiger partial charge on any atom is 0.223 e. The zero-order valence-corrected chi connectivity index (χ0v) is 13.4. The summed E-state index contributed by atoms with van der Waals surface area (Å²) in [5, 5.41) is 7.07. The predicted molar refractivity (Wildman–Crippen MR) is 84.0 cm³/mol. The van der Waals surface area contributed by atoms with Gasteiger partial charge in [0, 0.05) is 18.4 Å². The van der Waals surface area contributed by atoms with Crippen LogP contribution in [0.25, 0.3) is 0 Å². The van der Waals surface area contributed by atoms with E-state index in [1.165, 1.54) is 0 Å². The molecule has 1 amide bonds. The molecular formula is C17H21N3O3. The van der Waals surface area contributed by atoms with E-state index in [0.717, 1.165) is 31.2 Å². The molecule has 23 heavy (non-hydrogen) atoms. The lowest BCUT2D eigenvalue weighted by Gasteiger charge is -2.20. The van der Waals surface area contributed by atoms with Crippen molar-refractivity contribution in [3.63, 3.8) is 0 Å². The van der Waals surface area contributed by atoms with Crippen molar-refractivity contribution in [1.29, 1.82) is 0 Å². The molecule has 1 atom stereocenters. The van der Waals surface area contributed by atoms with Crippen LogP contribution in [0.5, 0.6) is 5.75 Å². The molecule has 0 radical (unpaired) electrons. The van der Waals surface area contributed by atoms with Gasteiger partial charge in [-0.15, -0.1) is 0 Å². The lowest BCUT2D eigenvalue weighted by Crippen LogP contribution is -2.34. The second-order valence-electron chi connectivity index (χ2n) is 5.84. The second-order valence-corrected chi connectivity index (χ2v) is 5.84. The van der Waals surface area contributed by atoms with Gasteiger partial charge in [-0.25, -0.2) is 0 Å². The van der Waals surface area contributed by atoms with E-state index in [0.29, 0.717) is 17.5 Å². The molecule has 1 saturated carbocycles. The van der Waals surface area contributed by atoms with Crippen LogP contribution in [0, 0.1) is 12.8 Å². The van der Waals surface area contributed by atoms with Crippen molar-refractivity contribution in [1.82, 2.24) is 15.5 Å². The molecule has 2 aromatic rings. The first-order valence-electron chi connectivity index (χ1n) is 7.92. The number of ether oxygens (including phenoxy) is 1. The number of hydrogen-bond acceptors (Lipinski definition) is 5. The van der Waals surface area contributed by atoms with E-state index in [9.17, 15) is 4.79 Å². The van der Waals surface area contributed by atoms with Crippen molar-refractivity contribution in [2.45, 2.75) is 38.6 Å². The van der Waals surface area contributed by atoms with Crippen LogP contribution < -0.4 is 10.1 Å². The maximum absolute atomic E-state index is 12.6. The normalized spacial score (nSPS) is 16.3. The number of rotatable bonds is 5. The fourth-order valence-electron chi connectivity index (χ4n) is 3.07. The van der Waals surface area contributed by atoms with Crippen molar-refractivity contribution >= 4 is 5.91 Å². The first-order chi connectivity index (χ1) is 11.2. The molecule has 1 aliphatic rings. The van der Waals surface area contributed by atoms with Crippen LogP contribution in [-0.4, -0.2) is 23.2 Å². The Bertz CT molecular complexity index is 677. The number of benzene rings is 1. The Morgan fingerprint density at radius 1 is 1.35 bits per heavy atom. The van der Waals surface area contributed by atoms with Crippen molar-refractivity contribution in [2.24, 2.45) is 5.92 Å². The van der Waals surface area contributed by atoms with Crippen molar-refractivity contribution < 1.29 is 14.1 Å². The molecule has 0 saturated heterocycles. The number of amides is 1. The Morgan fingerprint density at radius 3 is 2.74 bits per heavy atom. The molecule has 0 bridgehead atoms. The van der Waals surface area contributed by atoms with E-state index >= 15 is 0 Å². The summed E-state index contributed by atoms with van der Waals surface area (Å²) in [7, 11) is 1.61. The molecule has 3 rings (SSSR count). The van der Waals surface area contributed by atoms with Gasteiger partial charge in [0.25, 0.3) is 0 Å². The van der Waals surface area contributed by atoms with Gasteiger partial charge in [-0.3, -0.25) is 4.79 Å². The fourth-order valence-corrected chi connectivity index (χ4v) is 3.07. The van der Waals surface area contributed by atoms with Crippen molar-refractivity contribution in [2.75, 3.05) is 7.11 Å². The number of hydrogen-bond donors (Lipinski definition) is 1. The highest BCUT2D eigenvalue weighted by molar-refractivity contribution is 5.79. The summed E-state index contributed by atoms with van der Waals surface area (Å²) in [4.78, 5) is 16.9. The lowest BCUT2D eigenvalue weighted by molar-refractivity contribution is -0.125. The molecule has 1 aromatic carbocycles. The summed E-state index contributed by atoms with van der Waals surface area (Å²) in [6.45, 7) is 1.73. The Morgan fingerprint density at radius 2 is 2.09 bits per heavy atom. The summed E-state index contributed by atoms with van der Waals surface area (Å²) in [6, 6.07) is 7.08. The lowest BCUT2D eigenvalue weighted by atomic mass is 10.0. The van der Waals surface area contributed by atoms with Crippen LogP contribution in [0.2, 0.25) is 0 Å². The number of carbonyl (C=O) groups excluding carboxylic acids is 1. The SMILES string of the molecule is COc1ccccc1[C@@H](NC(=O)C1CCCC1)c1noc(C)n1. The van der Waals surface area contributed by atoms with Crippen LogP contribution in [0.3, 0.4) is 0 Å². The molecule has 1 fully saturated rings. The van der Waals surface area contributed by atoms with Gasteiger partial charge in [-0.1, -0.05) is 36.2 Å². The van der Waals surface area contributed by atoms with Crippen molar-refractivity contribution in [3.8, 4) is 5.75 Å². The van der Waals surface area contributed by atoms with Gasteiger partial charge < -0.3 is 14.6 Å². The van der Waals surface area contributed by atoms with Gasteiger partial charge in [-0.2, -0.15) is 4.98 Å². The standard InChI is InChI=1S/C17H21N3O3/c1-11-18-16(20-23-11)15(13-9-5-6-10-14(13)22-2)19-17(21)12-7-3-4-8-12/h5-6,9-10,12,15H,3-4,7-8H2,1-2H3,(H,19,21)/t15-/m1/s1. The molecule has 122 valence electrons. The first-order valence-corrected chi connectivity index (χ1v) is 7.92. The summed E-state index contributed by atoms with van der Waals surface area (Å²) in [5.41, 5.74) is 0.821. The van der Waals surface area contributed by atoms with E-state index in [1.807, 2.05) is 24.3 Å². The summed E-state index contributed by atoms with van der Waals surface area (Å²) < 4.78 is 10.5. The van der Waals surface area contributed by atoms with Gasteiger partial charge in [0.2, 0.25) is 11.8 Å². The third-order valence-corrected chi connectivity index (χ3v) is 4.26. The minimum Gasteiger partial charge on any atom is -0.496 e. The molecule has 1 aromatic heterocycles. The quantitative estimate of drug-likeness (QED) is 0.918. The largest absolute Gasteiger partial charge is 0.496 e. The Balaban J connectivity index is 1.92. The third kappa shape index (κ3) is 3.36. The van der Waals surface area contributed by atoms with E-state index in [-0.39, 0.29) is 11.8 Å². The smallest absolute Gasteiger partial charge is 0.223 e. The molecule has 1 N–H and O–H groups in total. The highest BCUT2D eigenvalue weighted by atomic mass is 16.5. The Labute approximate surface area is 135 Å². The predicted octanol–water partition coefficient (Wildman–Crippen LogP) is 2.78. The van der Waals surface area contributed by atoms with Crippen LogP contribution in [0.1, 0.15) is 49.0 Å². The van der Waals surface area contributed by atoms with Crippen molar-refractivity contribution in [3.05, 3.63) is 41.5 Å². The highest BCUT2D eigenvalue weighted by Gasteiger charge is 2.29. The van der Waals surface area contributed by atoms with E-state index in [1.54, 1.807) is 14.0 Å². The molecule has 6 heteroatoms. The van der Waals surface area contributed by atoms with E-state index < -0.39 is 6.04 Å². The number of carbonyl (C=O) groups is 1.